The van der Waals surface area contributed by atoms with Crippen LogP contribution in [0, 0.1) is 0 Å². The third-order valence-corrected chi connectivity index (χ3v) is 5.58. The molecule has 22 heavy (non-hydrogen) atoms. The van der Waals surface area contributed by atoms with E-state index in [9.17, 15) is 5.11 Å². The minimum Gasteiger partial charge on any atom is -0.368 e. The Morgan fingerprint density at radius 2 is 2.00 bits per heavy atom. The molecule has 7 heteroatoms. The molecular weight excluding hydrogens is 304 g/mol. The molecule has 0 aromatic carbocycles. The van der Waals surface area contributed by atoms with Gasteiger partial charge < -0.3 is 28.8 Å². The Hall–Kier alpha value is -0.0231. The minimum atomic E-state index is -1.08. The summed E-state index contributed by atoms with van der Waals surface area (Å²) in [7, 11) is -1.08. The summed E-state index contributed by atoms with van der Waals surface area (Å²) in [4.78, 5) is 0. The van der Waals surface area contributed by atoms with Crippen molar-refractivity contribution in [1.29, 1.82) is 0 Å². The third kappa shape index (κ3) is 5.56. The van der Waals surface area contributed by atoms with Crippen molar-refractivity contribution < 1.29 is 28.8 Å². The van der Waals surface area contributed by atoms with Gasteiger partial charge in [-0.2, -0.15) is 0 Å². The van der Waals surface area contributed by atoms with E-state index in [1.165, 1.54) is 0 Å². The molecule has 0 spiro atoms. The Morgan fingerprint density at radius 1 is 1.27 bits per heavy atom. The predicted molar refractivity (Wildman–Crippen MR) is 84.2 cm³/mol. The molecule has 6 nitrogen and oxygen atoms in total. The highest BCUT2D eigenvalue weighted by Crippen LogP contribution is 2.32. The van der Waals surface area contributed by atoms with Gasteiger partial charge in [-0.3, -0.25) is 0 Å². The van der Waals surface area contributed by atoms with E-state index >= 15 is 0 Å². The maximum atomic E-state index is 9.74. The van der Waals surface area contributed by atoms with Crippen molar-refractivity contribution in [3.63, 3.8) is 0 Å². The SMILES string of the molecule is CC1(C)OC[C@@H]([C@@H]2OC(O)C[C@@H]2OCOCC[Si](C)(C)C)O1. The standard InChI is InChI=1S/C15H30O6Si/c1-15(2)19-9-12(21-15)14-11(8-13(16)20-14)18-10-17-6-7-22(3,4)5/h11-14,16H,6-10H2,1-5H3/t11-,12-,13?,14+/m0/s1. The molecule has 2 aliphatic heterocycles. The highest BCUT2D eigenvalue weighted by atomic mass is 28.3. The second-order valence-electron chi connectivity index (χ2n) is 7.70. The lowest BCUT2D eigenvalue weighted by atomic mass is 10.1. The van der Waals surface area contributed by atoms with E-state index in [-0.39, 0.29) is 25.1 Å². The lowest BCUT2D eigenvalue weighted by molar-refractivity contribution is -0.184. The van der Waals surface area contributed by atoms with Crippen LogP contribution in [0.3, 0.4) is 0 Å². The molecule has 1 N–H and O–H groups in total. The first-order chi connectivity index (χ1) is 10.2. The van der Waals surface area contributed by atoms with E-state index < -0.39 is 20.2 Å². The van der Waals surface area contributed by atoms with Crippen LogP contribution < -0.4 is 0 Å². The Bertz CT molecular complexity index is 356. The first kappa shape index (κ1) is 18.3. The number of hydrogen-bond acceptors (Lipinski definition) is 6. The zero-order valence-corrected chi connectivity index (χ0v) is 15.3. The summed E-state index contributed by atoms with van der Waals surface area (Å²) < 4.78 is 28.2. The Labute approximate surface area is 134 Å². The fourth-order valence-electron chi connectivity index (χ4n) is 2.60. The molecule has 130 valence electrons. The highest BCUT2D eigenvalue weighted by Gasteiger charge is 2.46. The van der Waals surface area contributed by atoms with Gasteiger partial charge in [0.1, 0.15) is 19.0 Å². The molecule has 2 heterocycles. The van der Waals surface area contributed by atoms with Gasteiger partial charge in [-0.1, -0.05) is 19.6 Å². The molecule has 0 radical (unpaired) electrons. The van der Waals surface area contributed by atoms with Gasteiger partial charge in [0, 0.05) is 21.1 Å². The normalized spacial score (nSPS) is 35.2. The van der Waals surface area contributed by atoms with Crippen LogP contribution in [0.5, 0.6) is 0 Å². The van der Waals surface area contributed by atoms with Crippen LogP contribution in [0.25, 0.3) is 0 Å². The summed E-state index contributed by atoms with van der Waals surface area (Å²) in [5.41, 5.74) is 0. The maximum absolute atomic E-state index is 9.74. The van der Waals surface area contributed by atoms with Gasteiger partial charge in [-0.15, -0.1) is 0 Å². The maximum Gasteiger partial charge on any atom is 0.163 e. The van der Waals surface area contributed by atoms with Gasteiger partial charge in [0.05, 0.1) is 12.7 Å². The van der Waals surface area contributed by atoms with Crippen LogP contribution in [-0.4, -0.2) is 63.6 Å². The van der Waals surface area contributed by atoms with Gasteiger partial charge in [0.25, 0.3) is 0 Å². The molecule has 2 saturated heterocycles. The molecule has 0 amide bonds. The van der Waals surface area contributed by atoms with Gasteiger partial charge in [0.2, 0.25) is 0 Å². The monoisotopic (exact) mass is 334 g/mol. The minimum absolute atomic E-state index is 0.221. The van der Waals surface area contributed by atoms with Crippen molar-refractivity contribution in [2.75, 3.05) is 20.0 Å². The van der Waals surface area contributed by atoms with Gasteiger partial charge in [0.15, 0.2) is 12.1 Å². The third-order valence-electron chi connectivity index (χ3n) is 3.87. The summed E-state index contributed by atoms with van der Waals surface area (Å²) in [5.74, 6) is -0.611. The van der Waals surface area contributed by atoms with Gasteiger partial charge in [-0.25, -0.2) is 0 Å². The Balaban J connectivity index is 1.74. The molecule has 0 bridgehead atoms. The summed E-state index contributed by atoms with van der Waals surface area (Å²) in [6, 6.07) is 1.11. The number of rotatable bonds is 7. The zero-order chi connectivity index (χ0) is 16.4. The summed E-state index contributed by atoms with van der Waals surface area (Å²) in [6.07, 6.45) is -1.16. The van der Waals surface area contributed by atoms with Crippen LogP contribution in [0.1, 0.15) is 20.3 Å². The second-order valence-corrected chi connectivity index (χ2v) is 13.3. The molecule has 0 saturated carbocycles. The Morgan fingerprint density at radius 3 is 2.59 bits per heavy atom. The van der Waals surface area contributed by atoms with Crippen LogP contribution in [0.4, 0.5) is 0 Å². The van der Waals surface area contributed by atoms with E-state index in [4.69, 9.17) is 23.7 Å². The first-order valence-electron chi connectivity index (χ1n) is 8.01. The van der Waals surface area contributed by atoms with Gasteiger partial charge >= 0.3 is 0 Å². The summed E-state index contributed by atoms with van der Waals surface area (Å²) >= 11 is 0. The molecule has 0 aromatic heterocycles. The highest BCUT2D eigenvalue weighted by molar-refractivity contribution is 6.76. The fourth-order valence-corrected chi connectivity index (χ4v) is 3.35. The molecule has 4 atom stereocenters. The molecule has 1 unspecified atom stereocenters. The van der Waals surface area contributed by atoms with Crippen LogP contribution in [0.2, 0.25) is 25.7 Å². The zero-order valence-electron chi connectivity index (χ0n) is 14.3. The van der Waals surface area contributed by atoms with Crippen molar-refractivity contribution in [1.82, 2.24) is 0 Å². The number of aliphatic hydroxyl groups excluding tert-OH is 1. The lowest BCUT2D eigenvalue weighted by Crippen LogP contribution is -2.39. The largest absolute Gasteiger partial charge is 0.368 e. The van der Waals surface area contributed by atoms with Crippen molar-refractivity contribution in [3.05, 3.63) is 0 Å². The number of aliphatic hydroxyl groups is 1. The smallest absolute Gasteiger partial charge is 0.163 e. The van der Waals surface area contributed by atoms with E-state index in [0.29, 0.717) is 19.6 Å². The van der Waals surface area contributed by atoms with E-state index in [2.05, 4.69) is 19.6 Å². The molecule has 2 aliphatic rings. The molecule has 2 rings (SSSR count). The van der Waals surface area contributed by atoms with Gasteiger partial charge in [-0.05, 0) is 19.9 Å². The summed E-state index contributed by atoms with van der Waals surface area (Å²) in [5, 5.41) is 9.74. The van der Waals surface area contributed by atoms with Crippen molar-refractivity contribution in [2.45, 2.75) is 76.3 Å². The summed E-state index contributed by atoms with van der Waals surface area (Å²) in [6.45, 7) is 12.1. The van der Waals surface area contributed by atoms with E-state index in [1.54, 1.807) is 0 Å². The fraction of sp³-hybridized carbons (Fsp3) is 1.00. The molecule has 0 aliphatic carbocycles. The average molecular weight is 334 g/mol. The van der Waals surface area contributed by atoms with Crippen molar-refractivity contribution in [3.8, 4) is 0 Å². The molecule has 2 fully saturated rings. The number of ether oxygens (including phenoxy) is 5. The van der Waals surface area contributed by atoms with Crippen LogP contribution in [-0.2, 0) is 23.7 Å². The first-order valence-corrected chi connectivity index (χ1v) is 11.7. The van der Waals surface area contributed by atoms with Crippen LogP contribution in [0.15, 0.2) is 0 Å². The van der Waals surface area contributed by atoms with E-state index in [0.717, 1.165) is 6.04 Å². The lowest BCUT2D eigenvalue weighted by Gasteiger charge is -2.25. The second kappa shape index (κ2) is 7.25. The Kier molecular flexibility index (Phi) is 6.04. The van der Waals surface area contributed by atoms with Crippen molar-refractivity contribution in [2.24, 2.45) is 0 Å². The van der Waals surface area contributed by atoms with Crippen molar-refractivity contribution >= 4 is 8.07 Å². The molecular formula is C15H30O6Si. The molecule has 0 aromatic rings. The average Bonchev–Trinajstić information content (AvgIpc) is 2.90. The topological polar surface area (TPSA) is 66.4 Å². The van der Waals surface area contributed by atoms with E-state index in [1.807, 2.05) is 13.8 Å². The predicted octanol–water partition coefficient (Wildman–Crippen LogP) is 1.94. The van der Waals surface area contributed by atoms with Crippen LogP contribution >= 0.6 is 0 Å². The quantitative estimate of drug-likeness (QED) is 0.436. The number of hydrogen-bond donors (Lipinski definition) is 1.